The predicted molar refractivity (Wildman–Crippen MR) is 116 cm³/mol. The van der Waals surface area contributed by atoms with Crippen LogP contribution in [0.3, 0.4) is 0 Å². The van der Waals surface area contributed by atoms with Crippen molar-refractivity contribution in [2.24, 2.45) is 7.05 Å². The summed E-state index contributed by atoms with van der Waals surface area (Å²) in [4.78, 5) is 35.9. The van der Waals surface area contributed by atoms with Gasteiger partial charge in [0.2, 0.25) is 0 Å². The maximum atomic E-state index is 13.6. The molecule has 0 fully saturated rings. The number of rotatable bonds is 7. The average Bonchev–Trinajstić information content (AvgIpc) is 2.76. The Morgan fingerprint density at radius 1 is 1.11 bits per heavy atom. The smallest absolute Gasteiger partial charge is 0.871 e. The van der Waals surface area contributed by atoms with E-state index in [1.807, 2.05) is 6.92 Å². The molecule has 1 heterocycles. The second kappa shape index (κ2) is 13.8. The van der Waals surface area contributed by atoms with Gasteiger partial charge in [0.25, 0.3) is 5.56 Å². The van der Waals surface area contributed by atoms with Crippen LogP contribution in [0.2, 0.25) is 0 Å². The molecule has 11 heteroatoms. The quantitative estimate of drug-likeness (QED) is 0.319. The molecule has 0 bridgehead atoms. The van der Waals surface area contributed by atoms with Crippen molar-refractivity contribution in [2.75, 3.05) is 5.32 Å². The first kappa shape index (κ1) is 30.9. The van der Waals surface area contributed by atoms with Crippen LogP contribution in [0.4, 0.5) is 14.9 Å². The van der Waals surface area contributed by atoms with Crippen LogP contribution in [0.5, 0.6) is 5.75 Å². The first-order valence-electron chi connectivity index (χ1n) is 10.1. The number of anilines is 1. The Morgan fingerprint density at radius 2 is 1.83 bits per heavy atom. The largest absolute Gasteiger partial charge is 1.00 e. The Bertz CT molecular complexity index is 1270. The standard InChI is InChI=1S/C24H24FN3O5.2Na/c1-14-6-7-18(25)12-17(14)11-15-4-3-5-16(10-15)19(13-21(30)31)26-24(33)27-22-20(29)8-9-28(2)23(22)32;;/h3-10,12,19,29H,11,13H2,1-2H3,(H,30,31)(H2,26,27,33);;/q;2*+1/p-2/t19-;;/m0../s1. The number of urea groups is 1. The van der Waals surface area contributed by atoms with Crippen LogP contribution in [0.25, 0.3) is 0 Å². The summed E-state index contributed by atoms with van der Waals surface area (Å²) in [6.07, 6.45) is 1.15. The van der Waals surface area contributed by atoms with E-state index in [1.165, 1.54) is 25.4 Å². The molecule has 3 aromatic rings. The van der Waals surface area contributed by atoms with Gasteiger partial charge in [-0.3, -0.25) is 4.79 Å². The third kappa shape index (κ3) is 8.49. The summed E-state index contributed by atoms with van der Waals surface area (Å²) in [6, 6.07) is 10.6. The van der Waals surface area contributed by atoms with Crippen molar-refractivity contribution in [3.8, 4) is 5.75 Å². The minimum absolute atomic E-state index is 0. The average molecular weight is 497 g/mol. The molecule has 0 saturated heterocycles. The number of halogens is 1. The molecule has 0 aliphatic carbocycles. The van der Waals surface area contributed by atoms with Crippen LogP contribution in [0, 0.1) is 12.7 Å². The molecule has 1 atom stereocenters. The summed E-state index contributed by atoms with van der Waals surface area (Å²) < 4.78 is 14.8. The van der Waals surface area contributed by atoms with Gasteiger partial charge in [0.1, 0.15) is 11.5 Å². The predicted octanol–water partition coefficient (Wildman–Crippen LogP) is -4.49. The van der Waals surface area contributed by atoms with Crippen LogP contribution in [0.15, 0.2) is 59.5 Å². The van der Waals surface area contributed by atoms with E-state index in [2.05, 4.69) is 10.6 Å². The molecule has 0 spiro atoms. The molecular formula is C24H22FN3Na2O5. The first-order valence-corrected chi connectivity index (χ1v) is 10.1. The van der Waals surface area contributed by atoms with Crippen LogP contribution >= 0.6 is 0 Å². The Balaban J connectivity index is 0.00000306. The number of hydrogen-bond acceptors (Lipinski definition) is 5. The summed E-state index contributed by atoms with van der Waals surface area (Å²) >= 11 is 0. The van der Waals surface area contributed by atoms with Gasteiger partial charge in [0, 0.05) is 25.6 Å². The van der Waals surface area contributed by atoms with Gasteiger partial charge in [-0.25, -0.2) is 9.18 Å². The maximum Gasteiger partial charge on any atom is 1.00 e. The molecule has 1 aromatic heterocycles. The molecule has 0 unspecified atom stereocenters. The SMILES string of the molecule is Cc1ccc(F)cc1Cc1cccc([C@H](CC(=O)[O-])NC(=O)Nc2c([O-])ccn(C)c2=O)c1.[Na+].[Na+]. The third-order valence-corrected chi connectivity index (χ3v) is 5.20. The van der Waals surface area contributed by atoms with Gasteiger partial charge in [-0.05, 0) is 47.7 Å². The number of aryl methyl sites for hydroxylation is 2. The van der Waals surface area contributed by atoms with Gasteiger partial charge in [-0.1, -0.05) is 42.1 Å². The number of pyridine rings is 1. The summed E-state index contributed by atoms with van der Waals surface area (Å²) in [6.45, 7) is 1.86. The van der Waals surface area contributed by atoms with Gasteiger partial charge >= 0.3 is 65.1 Å². The molecular weight excluding hydrogens is 475 g/mol. The molecule has 35 heavy (non-hydrogen) atoms. The monoisotopic (exact) mass is 497 g/mol. The topological polar surface area (TPSA) is 126 Å². The number of nitrogens with one attached hydrogen (secondary N) is 2. The van der Waals surface area contributed by atoms with E-state index in [0.29, 0.717) is 12.0 Å². The van der Waals surface area contributed by atoms with Gasteiger partial charge in [-0.2, -0.15) is 0 Å². The fourth-order valence-electron chi connectivity index (χ4n) is 3.42. The van der Waals surface area contributed by atoms with Crippen molar-refractivity contribution in [3.05, 3.63) is 93.2 Å². The molecule has 2 N–H and O–H groups in total. The number of benzene rings is 2. The number of amides is 2. The number of carbonyl (C=O) groups excluding carboxylic acids is 2. The Morgan fingerprint density at radius 3 is 2.51 bits per heavy atom. The molecule has 2 amide bonds. The normalized spacial score (nSPS) is 10.9. The fraction of sp³-hybridized carbons (Fsp3) is 0.208. The molecule has 8 nitrogen and oxygen atoms in total. The van der Waals surface area contributed by atoms with Crippen LogP contribution in [-0.4, -0.2) is 16.6 Å². The third-order valence-electron chi connectivity index (χ3n) is 5.20. The summed E-state index contributed by atoms with van der Waals surface area (Å²) in [5.74, 6) is -2.42. The Kier molecular flexibility index (Phi) is 12.2. The van der Waals surface area contributed by atoms with Crippen LogP contribution < -0.4 is 85.5 Å². The van der Waals surface area contributed by atoms with Crippen molar-refractivity contribution in [2.45, 2.75) is 25.8 Å². The van der Waals surface area contributed by atoms with Crippen LogP contribution in [-0.2, 0) is 18.3 Å². The summed E-state index contributed by atoms with van der Waals surface area (Å²) in [5.41, 5.74) is 1.80. The van der Waals surface area contributed by atoms with E-state index in [-0.39, 0.29) is 64.9 Å². The summed E-state index contributed by atoms with van der Waals surface area (Å²) in [7, 11) is 1.43. The van der Waals surface area contributed by atoms with Gasteiger partial charge in [0.05, 0.1) is 6.04 Å². The van der Waals surface area contributed by atoms with Crippen molar-refractivity contribution in [1.29, 1.82) is 0 Å². The van der Waals surface area contributed by atoms with E-state index >= 15 is 0 Å². The maximum absolute atomic E-state index is 13.6. The number of carboxylic acid groups (broad SMARTS) is 1. The number of nitrogens with zero attached hydrogens (tertiary/aromatic N) is 1. The van der Waals surface area contributed by atoms with Gasteiger partial charge < -0.3 is 30.2 Å². The Hall–Kier alpha value is -2.14. The number of hydrogen-bond donors (Lipinski definition) is 2. The zero-order valence-electron chi connectivity index (χ0n) is 20.1. The number of aromatic nitrogens is 1. The van der Waals surface area contributed by atoms with E-state index in [9.17, 15) is 29.0 Å². The van der Waals surface area contributed by atoms with Crippen molar-refractivity contribution in [1.82, 2.24) is 9.88 Å². The first-order chi connectivity index (χ1) is 15.6. The van der Waals surface area contributed by atoms with Gasteiger partial charge in [0.15, 0.2) is 0 Å². The minimum Gasteiger partial charge on any atom is -0.871 e. The minimum atomic E-state index is -1.40. The molecule has 172 valence electrons. The molecule has 0 aliphatic rings. The molecule has 0 radical (unpaired) electrons. The zero-order valence-corrected chi connectivity index (χ0v) is 24.1. The Labute approximate surface area is 246 Å². The molecule has 0 aliphatic heterocycles. The van der Waals surface area contributed by atoms with E-state index in [0.717, 1.165) is 27.3 Å². The molecule has 3 rings (SSSR count). The fourth-order valence-corrected chi connectivity index (χ4v) is 3.42. The van der Waals surface area contributed by atoms with E-state index in [1.54, 1.807) is 30.3 Å². The van der Waals surface area contributed by atoms with E-state index in [4.69, 9.17) is 0 Å². The summed E-state index contributed by atoms with van der Waals surface area (Å²) in [5, 5.41) is 27.9. The molecule has 2 aromatic carbocycles. The van der Waals surface area contributed by atoms with E-state index < -0.39 is 41.5 Å². The molecule has 0 saturated carbocycles. The van der Waals surface area contributed by atoms with Crippen molar-refractivity contribution < 1.29 is 83.3 Å². The number of aliphatic carboxylic acids is 1. The van der Waals surface area contributed by atoms with Gasteiger partial charge in [-0.15, -0.1) is 0 Å². The zero-order chi connectivity index (χ0) is 24.1. The number of carbonyl (C=O) groups is 2. The van der Waals surface area contributed by atoms with Crippen LogP contribution in [0.1, 0.15) is 34.7 Å². The second-order valence-corrected chi connectivity index (χ2v) is 7.69. The number of carboxylic acids is 1. The van der Waals surface area contributed by atoms with Crippen molar-refractivity contribution in [3.63, 3.8) is 0 Å². The van der Waals surface area contributed by atoms with Crippen molar-refractivity contribution >= 4 is 17.7 Å². The second-order valence-electron chi connectivity index (χ2n) is 7.69.